The van der Waals surface area contributed by atoms with E-state index in [0.717, 1.165) is 74.4 Å². The normalized spacial score (nSPS) is 19.3. The third-order valence-corrected chi connectivity index (χ3v) is 7.62. The molecule has 5 rings (SSSR count). The first kappa shape index (κ1) is 22.8. The summed E-state index contributed by atoms with van der Waals surface area (Å²) in [6.07, 6.45) is 4.09. The zero-order chi connectivity index (χ0) is 23.3. The number of nitrogens with zero attached hydrogens (tertiary/aromatic N) is 5. The van der Waals surface area contributed by atoms with Gasteiger partial charge in [0.05, 0.1) is 7.11 Å². The lowest BCUT2D eigenvalue weighted by Crippen LogP contribution is -2.50. The van der Waals surface area contributed by atoms with Gasteiger partial charge in [-0.3, -0.25) is 9.69 Å². The summed E-state index contributed by atoms with van der Waals surface area (Å²) in [7, 11) is 1.66. The van der Waals surface area contributed by atoms with Crippen LogP contribution in [0.25, 0.3) is 10.6 Å². The second-order valence-electron chi connectivity index (χ2n) is 9.00. The number of methoxy groups -OCH3 is 1. The molecule has 2 aromatic heterocycles. The van der Waals surface area contributed by atoms with Gasteiger partial charge in [-0.1, -0.05) is 6.07 Å². The van der Waals surface area contributed by atoms with Crippen LogP contribution in [0.4, 0.5) is 5.82 Å². The van der Waals surface area contributed by atoms with Crippen LogP contribution >= 0.6 is 11.3 Å². The average Bonchev–Trinajstić information content (AvgIpc) is 3.40. The summed E-state index contributed by atoms with van der Waals surface area (Å²) in [5.74, 6) is 2.45. The Morgan fingerprint density at radius 3 is 2.65 bits per heavy atom. The number of pyridine rings is 1. The summed E-state index contributed by atoms with van der Waals surface area (Å²) in [6, 6.07) is 13.9. The van der Waals surface area contributed by atoms with Crippen molar-refractivity contribution in [3.8, 4) is 16.3 Å². The lowest BCUT2D eigenvalue weighted by Gasteiger charge is -2.39. The largest absolute Gasteiger partial charge is 0.497 e. The SMILES string of the molecule is COc1ccc(-c2nc(C(=O)N3CCCC(CN4CCN(c5ccccn5)CC4)C3)cs2)cc1. The van der Waals surface area contributed by atoms with Crippen LogP contribution in [0.1, 0.15) is 23.3 Å². The van der Waals surface area contributed by atoms with E-state index in [9.17, 15) is 4.79 Å². The molecule has 2 saturated heterocycles. The summed E-state index contributed by atoms with van der Waals surface area (Å²) >= 11 is 1.52. The highest BCUT2D eigenvalue weighted by molar-refractivity contribution is 7.13. The Morgan fingerprint density at radius 2 is 1.91 bits per heavy atom. The Labute approximate surface area is 205 Å². The molecule has 2 aliphatic rings. The van der Waals surface area contributed by atoms with E-state index in [2.05, 4.69) is 25.8 Å². The highest BCUT2D eigenvalue weighted by Crippen LogP contribution is 2.27. The van der Waals surface area contributed by atoms with Gasteiger partial charge in [0.15, 0.2) is 0 Å². The van der Waals surface area contributed by atoms with Crippen molar-refractivity contribution in [1.82, 2.24) is 19.8 Å². The van der Waals surface area contributed by atoms with Crippen molar-refractivity contribution in [3.05, 3.63) is 59.7 Å². The summed E-state index contributed by atoms with van der Waals surface area (Å²) in [5, 5.41) is 2.76. The number of carbonyl (C=O) groups is 1. The maximum atomic E-state index is 13.2. The molecule has 0 spiro atoms. The molecule has 4 heterocycles. The first-order chi connectivity index (χ1) is 16.7. The highest BCUT2D eigenvalue weighted by atomic mass is 32.1. The predicted octanol–water partition coefficient (Wildman–Crippen LogP) is 3.89. The number of piperazine rings is 1. The first-order valence-corrected chi connectivity index (χ1v) is 12.8. The Balaban J connectivity index is 1.15. The van der Waals surface area contributed by atoms with E-state index in [0.29, 0.717) is 11.6 Å². The van der Waals surface area contributed by atoms with Gasteiger partial charge in [-0.25, -0.2) is 9.97 Å². The molecule has 3 aromatic rings. The Hall–Kier alpha value is -2.97. The standard InChI is InChI=1S/C26H31N5O2S/c1-33-22-9-7-21(8-10-22)25-28-23(19-34-25)26(32)31-12-4-5-20(18-31)17-29-13-15-30(16-14-29)24-6-2-3-11-27-24/h2-3,6-11,19-20H,4-5,12-18H2,1H3. The molecule has 0 N–H and O–H groups in total. The van der Waals surface area contributed by atoms with E-state index in [1.165, 1.54) is 17.8 Å². The van der Waals surface area contributed by atoms with E-state index >= 15 is 0 Å². The Morgan fingerprint density at radius 1 is 1.09 bits per heavy atom. The monoisotopic (exact) mass is 477 g/mol. The summed E-state index contributed by atoms with van der Waals surface area (Å²) in [4.78, 5) is 29.2. The number of hydrogen-bond acceptors (Lipinski definition) is 7. The molecule has 1 unspecified atom stereocenters. The minimum absolute atomic E-state index is 0.0562. The van der Waals surface area contributed by atoms with Gasteiger partial charge in [0.25, 0.3) is 5.91 Å². The predicted molar refractivity (Wildman–Crippen MR) is 136 cm³/mol. The molecule has 1 amide bonds. The van der Waals surface area contributed by atoms with Gasteiger partial charge in [0, 0.05) is 63.0 Å². The third kappa shape index (κ3) is 5.23. The molecule has 2 aliphatic heterocycles. The Bertz CT molecular complexity index is 1080. The van der Waals surface area contributed by atoms with Gasteiger partial charge in [-0.05, 0) is 55.2 Å². The number of aromatic nitrogens is 2. The number of thiazole rings is 1. The second-order valence-corrected chi connectivity index (χ2v) is 9.86. The van der Waals surface area contributed by atoms with Crippen molar-refractivity contribution in [1.29, 1.82) is 0 Å². The first-order valence-electron chi connectivity index (χ1n) is 12.0. The molecule has 0 radical (unpaired) electrons. The maximum Gasteiger partial charge on any atom is 0.273 e. The molecule has 0 saturated carbocycles. The lowest BCUT2D eigenvalue weighted by atomic mass is 9.97. The molecular formula is C26H31N5O2S. The molecular weight excluding hydrogens is 446 g/mol. The minimum atomic E-state index is 0.0562. The topological polar surface area (TPSA) is 61.8 Å². The van der Waals surface area contributed by atoms with Crippen molar-refractivity contribution < 1.29 is 9.53 Å². The van der Waals surface area contributed by atoms with Crippen LogP contribution in [0.5, 0.6) is 5.75 Å². The van der Waals surface area contributed by atoms with Crippen molar-refractivity contribution >= 4 is 23.1 Å². The molecule has 1 atom stereocenters. The lowest BCUT2D eigenvalue weighted by molar-refractivity contribution is 0.0632. The maximum absolute atomic E-state index is 13.2. The molecule has 1 aromatic carbocycles. The van der Waals surface area contributed by atoms with Crippen molar-refractivity contribution in [2.75, 3.05) is 57.8 Å². The molecule has 0 bridgehead atoms. The van der Waals surface area contributed by atoms with E-state index in [1.807, 2.05) is 52.9 Å². The van der Waals surface area contributed by atoms with Gasteiger partial charge in [-0.15, -0.1) is 11.3 Å². The summed E-state index contributed by atoms with van der Waals surface area (Å²) in [6.45, 7) is 6.76. The van der Waals surface area contributed by atoms with Crippen LogP contribution in [-0.2, 0) is 0 Å². The molecule has 2 fully saturated rings. The fourth-order valence-electron chi connectivity index (χ4n) is 4.86. The number of likely N-dealkylation sites (tertiary alicyclic amines) is 1. The van der Waals surface area contributed by atoms with E-state index in [4.69, 9.17) is 4.74 Å². The quantitative estimate of drug-likeness (QED) is 0.537. The van der Waals surface area contributed by atoms with Crippen molar-refractivity contribution in [2.45, 2.75) is 12.8 Å². The molecule has 0 aliphatic carbocycles. The molecule has 7 nitrogen and oxygen atoms in total. The second kappa shape index (κ2) is 10.5. The molecule has 34 heavy (non-hydrogen) atoms. The van der Waals surface area contributed by atoms with Crippen LogP contribution in [0, 0.1) is 5.92 Å². The van der Waals surface area contributed by atoms with E-state index in [-0.39, 0.29) is 5.91 Å². The fraction of sp³-hybridized carbons (Fsp3) is 0.423. The van der Waals surface area contributed by atoms with Crippen LogP contribution in [0.15, 0.2) is 54.0 Å². The van der Waals surface area contributed by atoms with E-state index in [1.54, 1.807) is 7.11 Å². The minimum Gasteiger partial charge on any atom is -0.497 e. The zero-order valence-corrected chi connectivity index (χ0v) is 20.4. The number of anilines is 1. The van der Waals surface area contributed by atoms with Gasteiger partial charge in [-0.2, -0.15) is 0 Å². The van der Waals surface area contributed by atoms with Gasteiger partial charge < -0.3 is 14.5 Å². The van der Waals surface area contributed by atoms with E-state index < -0.39 is 0 Å². The van der Waals surface area contributed by atoms with Crippen LogP contribution in [0.3, 0.4) is 0 Å². The molecule has 8 heteroatoms. The number of hydrogen-bond donors (Lipinski definition) is 0. The van der Waals surface area contributed by atoms with Gasteiger partial charge in [0.2, 0.25) is 0 Å². The Kier molecular flexibility index (Phi) is 7.06. The number of rotatable bonds is 6. The summed E-state index contributed by atoms with van der Waals surface area (Å²) in [5.41, 5.74) is 1.56. The summed E-state index contributed by atoms with van der Waals surface area (Å²) < 4.78 is 5.23. The number of ether oxygens (including phenoxy) is 1. The van der Waals surface area contributed by atoms with Crippen LogP contribution < -0.4 is 9.64 Å². The van der Waals surface area contributed by atoms with Crippen LogP contribution in [0.2, 0.25) is 0 Å². The number of piperidine rings is 1. The van der Waals surface area contributed by atoms with Crippen molar-refractivity contribution in [2.24, 2.45) is 5.92 Å². The highest BCUT2D eigenvalue weighted by Gasteiger charge is 2.28. The number of amides is 1. The smallest absolute Gasteiger partial charge is 0.273 e. The van der Waals surface area contributed by atoms with Crippen LogP contribution in [-0.4, -0.2) is 78.6 Å². The number of benzene rings is 1. The van der Waals surface area contributed by atoms with Crippen molar-refractivity contribution in [3.63, 3.8) is 0 Å². The molecule has 178 valence electrons. The number of carbonyl (C=O) groups excluding carboxylic acids is 1. The zero-order valence-electron chi connectivity index (χ0n) is 19.6. The van der Waals surface area contributed by atoms with Gasteiger partial charge in [0.1, 0.15) is 22.3 Å². The fourth-order valence-corrected chi connectivity index (χ4v) is 5.66. The average molecular weight is 478 g/mol. The van der Waals surface area contributed by atoms with Gasteiger partial charge >= 0.3 is 0 Å². The third-order valence-electron chi connectivity index (χ3n) is 6.73.